The number of hydrogen-bond donors (Lipinski definition) is 2. The maximum Gasteiger partial charge on any atom is 0.0724 e. The average molecular weight is 328 g/mol. The Hall–Kier alpha value is -2.07. The van der Waals surface area contributed by atoms with Gasteiger partial charge in [0.2, 0.25) is 0 Å². The van der Waals surface area contributed by atoms with Gasteiger partial charge in [0.15, 0.2) is 0 Å². The van der Waals surface area contributed by atoms with E-state index in [9.17, 15) is 0 Å². The zero-order chi connectivity index (χ0) is 13.9. The van der Waals surface area contributed by atoms with Gasteiger partial charge in [-0.1, -0.05) is 28.1 Å². The maximum absolute atomic E-state index is 6.20. The first kappa shape index (κ1) is 12.9. The summed E-state index contributed by atoms with van der Waals surface area (Å²) in [7, 11) is 0. The van der Waals surface area contributed by atoms with Gasteiger partial charge in [-0.25, -0.2) is 0 Å². The minimum Gasteiger partial charge on any atom is -0.397 e. The van der Waals surface area contributed by atoms with Crippen LogP contribution in [-0.2, 0) is 6.54 Å². The van der Waals surface area contributed by atoms with E-state index in [2.05, 4.69) is 38.4 Å². The molecule has 3 rings (SSSR count). The van der Waals surface area contributed by atoms with Gasteiger partial charge in [0, 0.05) is 22.6 Å². The second kappa shape index (κ2) is 5.51. The van der Waals surface area contributed by atoms with Crippen LogP contribution >= 0.6 is 15.9 Å². The molecule has 0 radical (unpaired) electrons. The second-order valence-electron chi connectivity index (χ2n) is 4.58. The van der Waals surface area contributed by atoms with Crippen LogP contribution in [0.4, 0.5) is 11.4 Å². The van der Waals surface area contributed by atoms with Crippen molar-refractivity contribution < 1.29 is 0 Å². The first-order valence-electron chi connectivity index (χ1n) is 6.35. The Bertz CT molecular complexity index is 756. The Labute approximate surface area is 126 Å². The standard InChI is InChI=1S/C16H14BrN3/c17-12-4-1-3-11(9-12)10-20-15-7-6-14-13(16(15)18)5-2-8-19-14/h1-9,20H,10,18H2. The summed E-state index contributed by atoms with van der Waals surface area (Å²) in [5.74, 6) is 0. The molecule has 0 unspecified atom stereocenters. The number of anilines is 2. The quantitative estimate of drug-likeness (QED) is 0.709. The highest BCUT2D eigenvalue weighted by Gasteiger charge is 2.04. The fourth-order valence-corrected chi connectivity index (χ4v) is 2.62. The van der Waals surface area contributed by atoms with Crippen molar-refractivity contribution in [1.82, 2.24) is 4.98 Å². The van der Waals surface area contributed by atoms with Crippen molar-refractivity contribution in [3.63, 3.8) is 0 Å². The van der Waals surface area contributed by atoms with Gasteiger partial charge in [-0.3, -0.25) is 4.98 Å². The van der Waals surface area contributed by atoms with Gasteiger partial charge in [0.1, 0.15) is 0 Å². The third-order valence-electron chi connectivity index (χ3n) is 3.20. The molecule has 0 bridgehead atoms. The van der Waals surface area contributed by atoms with Crippen LogP contribution in [0.15, 0.2) is 59.2 Å². The van der Waals surface area contributed by atoms with Crippen LogP contribution < -0.4 is 11.1 Å². The maximum atomic E-state index is 6.20. The molecule has 3 N–H and O–H groups in total. The van der Waals surface area contributed by atoms with Crippen LogP contribution in [0.1, 0.15) is 5.56 Å². The molecule has 0 saturated carbocycles. The summed E-state index contributed by atoms with van der Waals surface area (Å²) >= 11 is 3.47. The molecular formula is C16H14BrN3. The molecule has 0 aliphatic rings. The number of fused-ring (bicyclic) bond motifs is 1. The third kappa shape index (κ3) is 2.60. The Morgan fingerprint density at radius 2 is 2.00 bits per heavy atom. The van der Waals surface area contributed by atoms with Crippen molar-refractivity contribution in [3.05, 3.63) is 64.8 Å². The molecule has 100 valence electrons. The van der Waals surface area contributed by atoms with Crippen molar-refractivity contribution >= 4 is 38.2 Å². The lowest BCUT2D eigenvalue weighted by Gasteiger charge is -2.11. The average Bonchev–Trinajstić information content (AvgIpc) is 2.47. The van der Waals surface area contributed by atoms with Crippen LogP contribution in [0.2, 0.25) is 0 Å². The van der Waals surface area contributed by atoms with Gasteiger partial charge in [-0.2, -0.15) is 0 Å². The number of hydrogen-bond acceptors (Lipinski definition) is 3. The minimum atomic E-state index is 0.732. The molecule has 0 aliphatic carbocycles. The number of nitrogens with two attached hydrogens (primary N) is 1. The monoisotopic (exact) mass is 327 g/mol. The van der Waals surface area contributed by atoms with E-state index in [0.717, 1.165) is 33.3 Å². The summed E-state index contributed by atoms with van der Waals surface area (Å²) in [6.07, 6.45) is 1.77. The number of nitrogens with zero attached hydrogens (tertiary/aromatic N) is 1. The van der Waals surface area contributed by atoms with E-state index in [1.807, 2.05) is 36.4 Å². The number of nitrogens with one attached hydrogen (secondary N) is 1. The van der Waals surface area contributed by atoms with E-state index in [4.69, 9.17) is 5.73 Å². The number of halogens is 1. The molecule has 1 heterocycles. The van der Waals surface area contributed by atoms with Crippen molar-refractivity contribution in [2.75, 3.05) is 11.1 Å². The summed E-state index contributed by atoms with van der Waals surface area (Å²) in [4.78, 5) is 4.30. The van der Waals surface area contributed by atoms with Gasteiger partial charge >= 0.3 is 0 Å². The Morgan fingerprint density at radius 3 is 2.85 bits per heavy atom. The molecule has 4 heteroatoms. The molecule has 0 amide bonds. The lowest BCUT2D eigenvalue weighted by molar-refractivity contribution is 1.15. The van der Waals surface area contributed by atoms with Crippen LogP contribution in [0.5, 0.6) is 0 Å². The third-order valence-corrected chi connectivity index (χ3v) is 3.69. The molecular weight excluding hydrogens is 314 g/mol. The summed E-state index contributed by atoms with van der Waals surface area (Å²) in [5.41, 5.74) is 9.99. The Kier molecular flexibility index (Phi) is 3.56. The number of nitrogen functional groups attached to an aromatic ring is 1. The van der Waals surface area contributed by atoms with E-state index in [-0.39, 0.29) is 0 Å². The number of benzene rings is 2. The summed E-state index contributed by atoms with van der Waals surface area (Å²) in [5, 5.41) is 4.35. The normalized spacial score (nSPS) is 10.7. The predicted molar refractivity (Wildman–Crippen MR) is 87.6 cm³/mol. The SMILES string of the molecule is Nc1c(NCc2cccc(Br)c2)ccc2ncccc12. The van der Waals surface area contributed by atoms with Crippen LogP contribution in [0, 0.1) is 0 Å². The smallest absolute Gasteiger partial charge is 0.0724 e. The van der Waals surface area contributed by atoms with Crippen LogP contribution in [0.25, 0.3) is 10.9 Å². The van der Waals surface area contributed by atoms with Crippen molar-refractivity contribution in [2.45, 2.75) is 6.54 Å². The highest BCUT2D eigenvalue weighted by Crippen LogP contribution is 2.27. The Balaban J connectivity index is 1.86. The van der Waals surface area contributed by atoms with Crippen molar-refractivity contribution in [1.29, 1.82) is 0 Å². The van der Waals surface area contributed by atoms with Crippen molar-refractivity contribution in [2.24, 2.45) is 0 Å². The molecule has 1 aromatic heterocycles. The molecule has 0 atom stereocenters. The number of pyridine rings is 1. The zero-order valence-electron chi connectivity index (χ0n) is 10.8. The fraction of sp³-hybridized carbons (Fsp3) is 0.0625. The minimum absolute atomic E-state index is 0.732. The molecule has 0 spiro atoms. The lowest BCUT2D eigenvalue weighted by Crippen LogP contribution is -2.03. The van der Waals surface area contributed by atoms with Crippen LogP contribution in [-0.4, -0.2) is 4.98 Å². The van der Waals surface area contributed by atoms with Gasteiger partial charge in [0.25, 0.3) is 0 Å². The highest BCUT2D eigenvalue weighted by molar-refractivity contribution is 9.10. The van der Waals surface area contributed by atoms with Gasteiger partial charge in [-0.05, 0) is 42.0 Å². The van der Waals surface area contributed by atoms with E-state index >= 15 is 0 Å². The molecule has 20 heavy (non-hydrogen) atoms. The second-order valence-corrected chi connectivity index (χ2v) is 5.50. The molecule has 0 aliphatic heterocycles. The van der Waals surface area contributed by atoms with Crippen LogP contribution in [0.3, 0.4) is 0 Å². The molecule has 0 fully saturated rings. The number of aromatic nitrogens is 1. The van der Waals surface area contributed by atoms with E-state index in [0.29, 0.717) is 0 Å². The van der Waals surface area contributed by atoms with E-state index in [1.54, 1.807) is 6.20 Å². The van der Waals surface area contributed by atoms with E-state index < -0.39 is 0 Å². The summed E-state index contributed by atoms with van der Waals surface area (Å²) in [6.45, 7) is 0.732. The van der Waals surface area contributed by atoms with E-state index in [1.165, 1.54) is 5.56 Å². The van der Waals surface area contributed by atoms with Crippen molar-refractivity contribution in [3.8, 4) is 0 Å². The molecule has 3 aromatic rings. The largest absolute Gasteiger partial charge is 0.397 e. The first-order valence-corrected chi connectivity index (χ1v) is 7.15. The van der Waals surface area contributed by atoms with Gasteiger partial charge in [0.05, 0.1) is 16.9 Å². The zero-order valence-corrected chi connectivity index (χ0v) is 12.4. The summed E-state index contributed by atoms with van der Waals surface area (Å²) in [6, 6.07) is 16.0. The molecule has 2 aromatic carbocycles. The first-order chi connectivity index (χ1) is 9.74. The molecule has 3 nitrogen and oxygen atoms in total. The summed E-state index contributed by atoms with van der Waals surface area (Å²) < 4.78 is 1.08. The molecule has 0 saturated heterocycles. The fourth-order valence-electron chi connectivity index (χ4n) is 2.17. The topological polar surface area (TPSA) is 50.9 Å². The van der Waals surface area contributed by atoms with Gasteiger partial charge in [-0.15, -0.1) is 0 Å². The predicted octanol–water partition coefficient (Wildman–Crippen LogP) is 4.19. The highest BCUT2D eigenvalue weighted by atomic mass is 79.9. The lowest BCUT2D eigenvalue weighted by atomic mass is 10.1. The Morgan fingerprint density at radius 1 is 1.10 bits per heavy atom. The van der Waals surface area contributed by atoms with Gasteiger partial charge < -0.3 is 11.1 Å². The number of rotatable bonds is 3.